The largest absolute Gasteiger partial charge is 0.382 e. The molecule has 0 atom stereocenters. The fraction of sp³-hybridized carbons (Fsp3) is 0.0455. The molecule has 1 amide bonds. The van der Waals surface area contributed by atoms with E-state index in [9.17, 15) is 14.0 Å². The first-order valence-electron chi connectivity index (χ1n) is 9.52. The lowest BCUT2D eigenvalue weighted by atomic mass is 10.1. The van der Waals surface area contributed by atoms with Crippen molar-refractivity contribution in [3.63, 3.8) is 0 Å². The van der Waals surface area contributed by atoms with Crippen LogP contribution in [0.4, 0.5) is 21.7 Å². The van der Waals surface area contributed by atoms with E-state index in [4.69, 9.17) is 11.5 Å². The molecule has 32 heavy (non-hydrogen) atoms. The number of aromatic nitrogens is 4. The maximum Gasteiger partial charge on any atom is 0.288 e. The van der Waals surface area contributed by atoms with Crippen LogP contribution in [-0.2, 0) is 16.1 Å². The van der Waals surface area contributed by atoms with Crippen molar-refractivity contribution in [2.45, 2.75) is 6.54 Å². The summed E-state index contributed by atoms with van der Waals surface area (Å²) < 4.78 is 15.9. The van der Waals surface area contributed by atoms with Crippen LogP contribution in [0.1, 0.15) is 5.56 Å². The zero-order valence-corrected chi connectivity index (χ0v) is 16.7. The fourth-order valence-electron chi connectivity index (χ4n) is 3.17. The summed E-state index contributed by atoms with van der Waals surface area (Å²) in [4.78, 5) is 30.3. The standard InChI is InChI=1S/C22H18FN7O2/c23-15-9-5-4-8-14(15)11-30-17(13-6-2-1-3-7-13)10-16(29-30)22-27-20(24)19(21(25)28-22)26-18(32)12-31/h1-10,12H,11H2,(H,26,32)(H4,24,25,27,28). The summed E-state index contributed by atoms with van der Waals surface area (Å²) in [6.07, 6.45) is 0.0866. The number of anilines is 3. The van der Waals surface area contributed by atoms with Crippen molar-refractivity contribution >= 4 is 29.5 Å². The fourth-order valence-corrected chi connectivity index (χ4v) is 3.17. The highest BCUT2D eigenvalue weighted by Gasteiger charge is 2.18. The van der Waals surface area contributed by atoms with E-state index in [0.29, 0.717) is 17.0 Å². The molecule has 0 aliphatic carbocycles. The highest BCUT2D eigenvalue weighted by Crippen LogP contribution is 2.29. The number of nitrogens with one attached hydrogen (secondary N) is 1. The molecule has 2 heterocycles. The molecule has 0 saturated heterocycles. The number of amides is 1. The summed E-state index contributed by atoms with van der Waals surface area (Å²) in [5.74, 6) is -1.39. The molecule has 4 aromatic rings. The molecule has 10 heteroatoms. The van der Waals surface area contributed by atoms with Gasteiger partial charge in [0.1, 0.15) is 17.2 Å². The van der Waals surface area contributed by atoms with Crippen molar-refractivity contribution in [2.75, 3.05) is 16.8 Å². The lowest BCUT2D eigenvalue weighted by Gasteiger charge is -2.09. The normalized spacial score (nSPS) is 10.7. The Labute approximate surface area is 181 Å². The van der Waals surface area contributed by atoms with Crippen LogP contribution in [0.3, 0.4) is 0 Å². The third-order valence-electron chi connectivity index (χ3n) is 4.68. The molecule has 0 saturated carbocycles. The predicted molar refractivity (Wildman–Crippen MR) is 118 cm³/mol. The molecule has 0 aliphatic heterocycles. The van der Waals surface area contributed by atoms with Gasteiger partial charge in [-0.25, -0.2) is 14.4 Å². The van der Waals surface area contributed by atoms with E-state index in [-0.39, 0.29) is 41.8 Å². The Hall–Kier alpha value is -4.60. The average Bonchev–Trinajstić information content (AvgIpc) is 3.22. The number of nitrogen functional groups attached to an aromatic ring is 2. The number of benzene rings is 2. The first-order chi connectivity index (χ1) is 15.5. The second-order valence-electron chi connectivity index (χ2n) is 6.83. The third-order valence-corrected chi connectivity index (χ3v) is 4.68. The number of nitrogens with two attached hydrogens (primary N) is 2. The number of halogens is 1. The number of nitrogens with zero attached hydrogens (tertiary/aromatic N) is 4. The average molecular weight is 431 g/mol. The molecular weight excluding hydrogens is 413 g/mol. The highest BCUT2D eigenvalue weighted by molar-refractivity contribution is 6.30. The molecule has 0 unspecified atom stereocenters. The van der Waals surface area contributed by atoms with Gasteiger partial charge in [-0.05, 0) is 17.7 Å². The van der Waals surface area contributed by atoms with Crippen molar-refractivity contribution in [2.24, 2.45) is 0 Å². The predicted octanol–water partition coefficient (Wildman–Crippen LogP) is 2.50. The lowest BCUT2D eigenvalue weighted by Crippen LogP contribution is -2.17. The topological polar surface area (TPSA) is 142 Å². The number of hydrogen-bond donors (Lipinski definition) is 3. The van der Waals surface area contributed by atoms with E-state index in [1.54, 1.807) is 28.9 Å². The van der Waals surface area contributed by atoms with Gasteiger partial charge < -0.3 is 16.8 Å². The Morgan fingerprint density at radius 2 is 1.69 bits per heavy atom. The van der Waals surface area contributed by atoms with Crippen LogP contribution in [-0.4, -0.2) is 31.9 Å². The van der Waals surface area contributed by atoms with E-state index < -0.39 is 5.91 Å². The number of carbonyl (C=O) groups is 2. The quantitative estimate of drug-likeness (QED) is 0.314. The van der Waals surface area contributed by atoms with E-state index in [2.05, 4.69) is 20.4 Å². The van der Waals surface area contributed by atoms with Crippen LogP contribution >= 0.6 is 0 Å². The highest BCUT2D eigenvalue weighted by atomic mass is 19.1. The third kappa shape index (κ3) is 4.15. The number of carbonyl (C=O) groups excluding carboxylic acids is 2. The van der Waals surface area contributed by atoms with E-state index in [1.807, 2.05) is 30.3 Å². The molecule has 0 aliphatic rings. The monoisotopic (exact) mass is 431 g/mol. The van der Waals surface area contributed by atoms with Crippen LogP contribution < -0.4 is 16.8 Å². The summed E-state index contributed by atoms with van der Waals surface area (Å²) in [5, 5.41) is 6.79. The van der Waals surface area contributed by atoms with Gasteiger partial charge in [0, 0.05) is 5.56 Å². The van der Waals surface area contributed by atoms with Gasteiger partial charge in [-0.1, -0.05) is 48.5 Å². The Bertz CT molecular complexity index is 1280. The SMILES string of the molecule is Nc1nc(-c2cc(-c3ccccc3)n(Cc3ccccc3F)n2)nc(N)c1NC(=O)C=O. The minimum Gasteiger partial charge on any atom is -0.382 e. The summed E-state index contributed by atoms with van der Waals surface area (Å²) in [5.41, 5.74) is 14.2. The molecule has 4 rings (SSSR count). The molecule has 2 aromatic carbocycles. The zero-order valence-electron chi connectivity index (χ0n) is 16.7. The maximum atomic E-state index is 14.3. The molecule has 160 valence electrons. The van der Waals surface area contributed by atoms with Gasteiger partial charge in [0.2, 0.25) is 6.29 Å². The minimum atomic E-state index is -0.930. The molecule has 0 radical (unpaired) electrons. The van der Waals surface area contributed by atoms with Crippen LogP contribution in [0.5, 0.6) is 0 Å². The Kier molecular flexibility index (Phi) is 5.58. The van der Waals surface area contributed by atoms with Gasteiger partial charge in [-0.2, -0.15) is 5.10 Å². The van der Waals surface area contributed by atoms with Crippen molar-refractivity contribution in [1.82, 2.24) is 19.7 Å². The van der Waals surface area contributed by atoms with Gasteiger partial charge in [-0.3, -0.25) is 14.3 Å². The van der Waals surface area contributed by atoms with E-state index in [1.165, 1.54) is 6.07 Å². The zero-order chi connectivity index (χ0) is 22.7. The van der Waals surface area contributed by atoms with Crippen molar-refractivity contribution in [3.8, 4) is 22.8 Å². The molecular formula is C22H18FN7O2. The number of aldehydes is 1. The summed E-state index contributed by atoms with van der Waals surface area (Å²) in [6.45, 7) is 0.176. The minimum absolute atomic E-state index is 0.0556. The molecule has 0 spiro atoms. The van der Waals surface area contributed by atoms with Gasteiger partial charge in [0.05, 0.1) is 12.2 Å². The summed E-state index contributed by atoms with van der Waals surface area (Å²) >= 11 is 0. The van der Waals surface area contributed by atoms with Gasteiger partial charge in [0.15, 0.2) is 17.5 Å². The maximum absolute atomic E-state index is 14.3. The molecule has 9 nitrogen and oxygen atoms in total. The summed E-state index contributed by atoms with van der Waals surface area (Å²) in [6, 6.07) is 17.6. The van der Waals surface area contributed by atoms with Crippen molar-refractivity contribution in [1.29, 1.82) is 0 Å². The van der Waals surface area contributed by atoms with Crippen molar-refractivity contribution < 1.29 is 14.0 Å². The number of rotatable bonds is 6. The Morgan fingerprint density at radius 3 is 2.34 bits per heavy atom. The van der Waals surface area contributed by atoms with E-state index >= 15 is 0 Å². The molecule has 0 fully saturated rings. The first kappa shape index (κ1) is 20.7. The first-order valence-corrected chi connectivity index (χ1v) is 9.52. The smallest absolute Gasteiger partial charge is 0.288 e. The van der Waals surface area contributed by atoms with Gasteiger partial charge in [0.25, 0.3) is 5.91 Å². The Balaban J connectivity index is 1.79. The van der Waals surface area contributed by atoms with Gasteiger partial charge in [-0.15, -0.1) is 0 Å². The van der Waals surface area contributed by atoms with Crippen molar-refractivity contribution in [3.05, 3.63) is 72.0 Å². The van der Waals surface area contributed by atoms with Crippen LogP contribution in [0, 0.1) is 5.82 Å². The van der Waals surface area contributed by atoms with E-state index in [0.717, 1.165) is 5.56 Å². The van der Waals surface area contributed by atoms with Crippen LogP contribution in [0.25, 0.3) is 22.8 Å². The Morgan fingerprint density at radius 1 is 1.03 bits per heavy atom. The molecule has 5 N–H and O–H groups in total. The van der Waals surface area contributed by atoms with Crippen LogP contribution in [0.2, 0.25) is 0 Å². The molecule has 2 aromatic heterocycles. The summed E-state index contributed by atoms with van der Waals surface area (Å²) in [7, 11) is 0. The van der Waals surface area contributed by atoms with Crippen LogP contribution in [0.15, 0.2) is 60.7 Å². The number of hydrogen-bond acceptors (Lipinski definition) is 7. The second-order valence-corrected chi connectivity index (χ2v) is 6.83. The lowest BCUT2D eigenvalue weighted by molar-refractivity contribution is -0.127. The van der Waals surface area contributed by atoms with Gasteiger partial charge >= 0.3 is 0 Å². The second kappa shape index (κ2) is 8.64. The molecule has 0 bridgehead atoms.